The summed E-state index contributed by atoms with van der Waals surface area (Å²) in [6.07, 6.45) is 5.86. The number of ether oxygens (including phenoxy) is 1. The van der Waals surface area contributed by atoms with E-state index in [0.29, 0.717) is 24.9 Å². The predicted octanol–water partition coefficient (Wildman–Crippen LogP) is 4.05. The number of halogens is 1. The van der Waals surface area contributed by atoms with Crippen molar-refractivity contribution in [2.45, 2.75) is 57.9 Å². The van der Waals surface area contributed by atoms with Crippen LogP contribution in [0, 0.1) is 5.82 Å². The fourth-order valence-electron chi connectivity index (χ4n) is 4.25. The molecular formula is C21H31FN2O2. The quantitative estimate of drug-likeness (QED) is 0.810. The van der Waals surface area contributed by atoms with E-state index in [1.165, 1.54) is 38.4 Å². The third-order valence-electron chi connectivity index (χ3n) is 5.83. The predicted molar refractivity (Wildman–Crippen MR) is 101 cm³/mol. The van der Waals surface area contributed by atoms with Gasteiger partial charge in [-0.2, -0.15) is 0 Å². The number of hydrogen-bond acceptors (Lipinski definition) is 3. The molecule has 0 spiro atoms. The van der Waals surface area contributed by atoms with Crippen LogP contribution in [0.4, 0.5) is 4.39 Å². The summed E-state index contributed by atoms with van der Waals surface area (Å²) in [7, 11) is 1.57. The molecule has 144 valence electrons. The van der Waals surface area contributed by atoms with E-state index in [1.54, 1.807) is 18.1 Å². The Bertz CT molecular complexity index is 633. The average molecular weight is 362 g/mol. The van der Waals surface area contributed by atoms with Gasteiger partial charge in [0.15, 0.2) is 0 Å². The highest BCUT2D eigenvalue weighted by atomic mass is 19.1. The van der Waals surface area contributed by atoms with Gasteiger partial charge in [0.1, 0.15) is 11.6 Å². The van der Waals surface area contributed by atoms with Crippen LogP contribution >= 0.6 is 0 Å². The molecule has 0 saturated carbocycles. The summed E-state index contributed by atoms with van der Waals surface area (Å²) in [6, 6.07) is 3.60. The molecule has 26 heavy (non-hydrogen) atoms. The number of benzene rings is 1. The Kier molecular flexibility index (Phi) is 6.17. The Morgan fingerprint density at radius 1 is 1.12 bits per heavy atom. The van der Waals surface area contributed by atoms with Gasteiger partial charge in [0, 0.05) is 19.1 Å². The highest BCUT2D eigenvalue weighted by Gasteiger charge is 2.29. The van der Waals surface area contributed by atoms with Crippen LogP contribution < -0.4 is 4.74 Å². The molecule has 3 rings (SSSR count). The van der Waals surface area contributed by atoms with Crippen molar-refractivity contribution in [1.82, 2.24) is 9.80 Å². The van der Waals surface area contributed by atoms with E-state index in [0.717, 1.165) is 18.4 Å². The largest absolute Gasteiger partial charge is 0.496 e. The first-order valence-corrected chi connectivity index (χ1v) is 9.92. The van der Waals surface area contributed by atoms with E-state index in [2.05, 4.69) is 4.90 Å². The first kappa shape index (κ1) is 19.2. The van der Waals surface area contributed by atoms with Gasteiger partial charge in [-0.05, 0) is 62.4 Å². The van der Waals surface area contributed by atoms with Crippen molar-refractivity contribution in [2.75, 3.05) is 33.3 Å². The summed E-state index contributed by atoms with van der Waals surface area (Å²) in [4.78, 5) is 17.2. The second-order valence-electron chi connectivity index (χ2n) is 7.85. The van der Waals surface area contributed by atoms with Crippen molar-refractivity contribution in [1.29, 1.82) is 0 Å². The average Bonchev–Trinajstić information content (AvgIpc) is 2.68. The van der Waals surface area contributed by atoms with E-state index >= 15 is 0 Å². The lowest BCUT2D eigenvalue weighted by molar-refractivity contribution is 0.0585. The number of piperidine rings is 2. The number of likely N-dealkylation sites (tertiary alicyclic amines) is 2. The lowest BCUT2D eigenvalue weighted by Gasteiger charge is -2.40. The van der Waals surface area contributed by atoms with Crippen molar-refractivity contribution in [3.05, 3.63) is 29.1 Å². The topological polar surface area (TPSA) is 32.8 Å². The molecule has 1 aromatic rings. The van der Waals surface area contributed by atoms with E-state index in [4.69, 9.17) is 4.74 Å². The molecule has 0 N–H and O–H groups in total. The number of hydrogen-bond donors (Lipinski definition) is 0. The molecule has 1 aromatic carbocycles. The lowest BCUT2D eigenvalue weighted by atomic mass is 9.97. The monoisotopic (exact) mass is 362 g/mol. The molecule has 0 atom stereocenters. The molecule has 5 heteroatoms. The zero-order chi connectivity index (χ0) is 18.7. The van der Waals surface area contributed by atoms with E-state index in [9.17, 15) is 9.18 Å². The zero-order valence-electron chi connectivity index (χ0n) is 16.3. The molecule has 2 fully saturated rings. The van der Waals surface area contributed by atoms with Crippen LogP contribution in [0.3, 0.4) is 0 Å². The molecule has 2 heterocycles. The van der Waals surface area contributed by atoms with Gasteiger partial charge in [0.2, 0.25) is 0 Å². The Morgan fingerprint density at radius 2 is 1.77 bits per heavy atom. The third-order valence-corrected chi connectivity index (χ3v) is 5.83. The van der Waals surface area contributed by atoms with Gasteiger partial charge < -0.3 is 14.5 Å². The van der Waals surface area contributed by atoms with E-state index < -0.39 is 5.82 Å². The maximum Gasteiger partial charge on any atom is 0.256 e. The Hall–Kier alpha value is -1.62. The van der Waals surface area contributed by atoms with Crippen molar-refractivity contribution in [3.63, 3.8) is 0 Å². The van der Waals surface area contributed by atoms with Crippen molar-refractivity contribution in [2.24, 2.45) is 0 Å². The SMILES string of the molecule is COc1cc(C(=O)N2CCC(N3CCCCC3)CC2)c(F)cc1C(C)C. The van der Waals surface area contributed by atoms with Gasteiger partial charge in [-0.1, -0.05) is 20.3 Å². The number of carbonyl (C=O) groups is 1. The molecule has 4 nitrogen and oxygen atoms in total. The summed E-state index contributed by atoms with van der Waals surface area (Å²) in [5.41, 5.74) is 0.924. The second kappa shape index (κ2) is 8.38. The molecule has 2 aliphatic rings. The number of amides is 1. The Labute approximate surface area is 156 Å². The van der Waals surface area contributed by atoms with Gasteiger partial charge in [-0.3, -0.25) is 4.79 Å². The minimum atomic E-state index is -0.447. The Balaban J connectivity index is 1.68. The number of rotatable bonds is 4. The van der Waals surface area contributed by atoms with Gasteiger partial charge in [-0.15, -0.1) is 0 Å². The van der Waals surface area contributed by atoms with Crippen LogP contribution in [0.5, 0.6) is 5.75 Å². The van der Waals surface area contributed by atoms with Crippen molar-refractivity contribution >= 4 is 5.91 Å². The zero-order valence-corrected chi connectivity index (χ0v) is 16.3. The van der Waals surface area contributed by atoms with Crippen molar-refractivity contribution in [3.8, 4) is 5.75 Å². The molecule has 0 unspecified atom stereocenters. The van der Waals surface area contributed by atoms with Crippen LogP contribution in [0.25, 0.3) is 0 Å². The normalized spacial score (nSPS) is 19.8. The van der Waals surface area contributed by atoms with Crippen LogP contribution in [-0.4, -0.2) is 55.0 Å². The first-order valence-electron chi connectivity index (χ1n) is 9.92. The van der Waals surface area contributed by atoms with Crippen LogP contribution in [0.15, 0.2) is 12.1 Å². The van der Waals surface area contributed by atoms with Crippen LogP contribution in [0.1, 0.15) is 67.8 Å². The van der Waals surface area contributed by atoms with Gasteiger partial charge in [-0.25, -0.2) is 4.39 Å². The Morgan fingerprint density at radius 3 is 2.35 bits per heavy atom. The number of carbonyl (C=O) groups excluding carboxylic acids is 1. The summed E-state index contributed by atoms with van der Waals surface area (Å²) in [6.45, 7) is 7.75. The molecule has 1 amide bonds. The molecule has 0 aromatic heterocycles. The fourth-order valence-corrected chi connectivity index (χ4v) is 4.25. The lowest BCUT2D eigenvalue weighted by Crippen LogP contribution is -2.48. The highest BCUT2D eigenvalue weighted by molar-refractivity contribution is 5.95. The first-order chi connectivity index (χ1) is 12.5. The molecule has 0 bridgehead atoms. The smallest absolute Gasteiger partial charge is 0.256 e. The number of nitrogens with zero attached hydrogens (tertiary/aromatic N) is 2. The van der Waals surface area contributed by atoms with Gasteiger partial charge >= 0.3 is 0 Å². The third kappa shape index (κ3) is 4.03. The minimum absolute atomic E-state index is 0.127. The molecule has 0 radical (unpaired) electrons. The summed E-state index contributed by atoms with van der Waals surface area (Å²) in [5.74, 6) is 0.0719. The summed E-state index contributed by atoms with van der Waals surface area (Å²) >= 11 is 0. The van der Waals surface area contributed by atoms with Crippen LogP contribution in [0.2, 0.25) is 0 Å². The molecule has 2 aliphatic heterocycles. The second-order valence-corrected chi connectivity index (χ2v) is 7.85. The standard InChI is InChI=1S/C21H31FN2O2/c1-15(2)17-13-19(22)18(14-20(17)26-3)21(25)24-11-7-16(8-12-24)23-9-5-4-6-10-23/h13-16H,4-12H2,1-3H3. The van der Waals surface area contributed by atoms with E-state index in [-0.39, 0.29) is 17.4 Å². The maximum atomic E-state index is 14.6. The highest BCUT2D eigenvalue weighted by Crippen LogP contribution is 2.30. The molecule has 2 saturated heterocycles. The maximum absolute atomic E-state index is 14.6. The molecule has 0 aliphatic carbocycles. The minimum Gasteiger partial charge on any atom is -0.496 e. The fraction of sp³-hybridized carbons (Fsp3) is 0.667. The summed E-state index contributed by atoms with van der Waals surface area (Å²) in [5, 5.41) is 0. The van der Waals surface area contributed by atoms with Crippen LogP contribution in [-0.2, 0) is 0 Å². The summed E-state index contributed by atoms with van der Waals surface area (Å²) < 4.78 is 20.0. The van der Waals surface area contributed by atoms with E-state index in [1.807, 2.05) is 13.8 Å². The van der Waals surface area contributed by atoms with Gasteiger partial charge in [0.05, 0.1) is 12.7 Å². The van der Waals surface area contributed by atoms with Gasteiger partial charge in [0.25, 0.3) is 5.91 Å². The molecular weight excluding hydrogens is 331 g/mol. The van der Waals surface area contributed by atoms with Crippen molar-refractivity contribution < 1.29 is 13.9 Å². The number of methoxy groups -OCH3 is 1.